The summed E-state index contributed by atoms with van der Waals surface area (Å²) in [5.41, 5.74) is 3.21. The molecule has 0 saturated heterocycles. The third kappa shape index (κ3) is 3.61. The first-order valence-corrected chi connectivity index (χ1v) is 11.1. The van der Waals surface area contributed by atoms with Gasteiger partial charge in [-0.25, -0.2) is 0 Å². The summed E-state index contributed by atoms with van der Waals surface area (Å²) in [4.78, 5) is 29.0. The molecule has 2 aromatic heterocycles. The first kappa shape index (κ1) is 21.1. The molecule has 1 aliphatic rings. The molecule has 0 aliphatic carbocycles. The van der Waals surface area contributed by atoms with Crippen molar-refractivity contribution in [2.24, 2.45) is 0 Å². The molecule has 33 heavy (non-hydrogen) atoms. The van der Waals surface area contributed by atoms with E-state index in [1.807, 2.05) is 57.2 Å². The number of amides is 1. The van der Waals surface area contributed by atoms with E-state index in [-0.39, 0.29) is 23.6 Å². The Labute approximate surface area is 191 Å². The summed E-state index contributed by atoms with van der Waals surface area (Å²) in [5.74, 6) is 1.09. The van der Waals surface area contributed by atoms with Crippen LogP contribution in [0.5, 0.6) is 5.75 Å². The van der Waals surface area contributed by atoms with E-state index in [1.54, 1.807) is 23.3 Å². The molecule has 1 atom stereocenters. The van der Waals surface area contributed by atoms with E-state index in [0.29, 0.717) is 34.6 Å². The second kappa shape index (κ2) is 8.28. The van der Waals surface area contributed by atoms with Crippen LogP contribution in [-0.2, 0) is 6.54 Å². The van der Waals surface area contributed by atoms with Crippen molar-refractivity contribution in [3.8, 4) is 5.75 Å². The van der Waals surface area contributed by atoms with Gasteiger partial charge >= 0.3 is 0 Å². The van der Waals surface area contributed by atoms with Crippen molar-refractivity contribution >= 4 is 16.9 Å². The molecular formula is C27H25NO5. The molecule has 1 unspecified atom stereocenters. The van der Waals surface area contributed by atoms with Crippen LogP contribution in [0.4, 0.5) is 0 Å². The fraction of sp³-hybridized carbons (Fsp3) is 0.259. The highest BCUT2D eigenvalue weighted by Crippen LogP contribution is 2.40. The van der Waals surface area contributed by atoms with Crippen molar-refractivity contribution in [2.45, 2.75) is 39.8 Å². The van der Waals surface area contributed by atoms with Crippen molar-refractivity contribution in [1.82, 2.24) is 4.90 Å². The number of furan rings is 1. The van der Waals surface area contributed by atoms with Crippen LogP contribution in [0.1, 0.15) is 58.0 Å². The number of carbonyl (C=O) groups is 1. The van der Waals surface area contributed by atoms with E-state index in [0.717, 1.165) is 23.1 Å². The van der Waals surface area contributed by atoms with Crippen molar-refractivity contribution in [1.29, 1.82) is 0 Å². The molecule has 0 radical (unpaired) electrons. The maximum Gasteiger partial charge on any atom is 0.291 e. The second-order valence-electron chi connectivity index (χ2n) is 8.46. The molecule has 6 heteroatoms. The Bertz CT molecular complexity index is 1400. The van der Waals surface area contributed by atoms with Gasteiger partial charge in [0.1, 0.15) is 17.1 Å². The molecule has 0 fully saturated rings. The third-order valence-electron chi connectivity index (χ3n) is 5.97. The van der Waals surface area contributed by atoms with Gasteiger partial charge in [-0.15, -0.1) is 0 Å². The van der Waals surface area contributed by atoms with Crippen LogP contribution in [0.3, 0.4) is 0 Å². The van der Waals surface area contributed by atoms with Gasteiger partial charge in [0.25, 0.3) is 5.91 Å². The molecule has 1 aliphatic heterocycles. The van der Waals surface area contributed by atoms with E-state index < -0.39 is 6.04 Å². The zero-order valence-electron chi connectivity index (χ0n) is 18.9. The highest BCUT2D eigenvalue weighted by Gasteiger charge is 2.43. The lowest BCUT2D eigenvalue weighted by atomic mass is 9.96. The van der Waals surface area contributed by atoms with Crippen LogP contribution in [0.2, 0.25) is 0 Å². The summed E-state index contributed by atoms with van der Waals surface area (Å²) in [7, 11) is 0. The molecule has 0 bridgehead atoms. The van der Waals surface area contributed by atoms with E-state index in [9.17, 15) is 9.59 Å². The first-order valence-electron chi connectivity index (χ1n) is 11.1. The molecule has 5 rings (SSSR count). The van der Waals surface area contributed by atoms with Crippen molar-refractivity contribution in [3.63, 3.8) is 0 Å². The van der Waals surface area contributed by atoms with Gasteiger partial charge in [-0.05, 0) is 67.3 Å². The standard InChI is InChI=1S/C27H25NO5/c1-4-10-31-19-8-5-7-18(14-19)24-23-25(29)22-17(3)12-16(2)13-21(22)33-26(23)27(30)28(24)15-20-9-6-11-32-20/h5-9,11-14,24H,4,10,15H2,1-3H3. The van der Waals surface area contributed by atoms with Crippen molar-refractivity contribution in [2.75, 3.05) is 6.61 Å². The summed E-state index contributed by atoms with van der Waals surface area (Å²) < 4.78 is 17.4. The Morgan fingerprint density at radius 1 is 1.06 bits per heavy atom. The predicted molar refractivity (Wildman–Crippen MR) is 125 cm³/mol. The molecular weight excluding hydrogens is 418 g/mol. The molecule has 1 amide bonds. The fourth-order valence-corrected chi connectivity index (χ4v) is 4.59. The Morgan fingerprint density at radius 3 is 2.67 bits per heavy atom. The number of aryl methyl sites for hydroxylation is 2. The summed E-state index contributed by atoms with van der Waals surface area (Å²) in [6, 6.07) is 14.3. The molecule has 0 spiro atoms. The molecule has 3 heterocycles. The molecule has 2 aromatic carbocycles. The second-order valence-corrected chi connectivity index (χ2v) is 8.46. The average molecular weight is 443 g/mol. The van der Waals surface area contributed by atoms with E-state index in [4.69, 9.17) is 13.6 Å². The molecule has 168 valence electrons. The number of ether oxygens (including phenoxy) is 1. The normalized spacial score (nSPS) is 15.3. The Kier molecular flexibility index (Phi) is 5.29. The van der Waals surface area contributed by atoms with Crippen molar-refractivity contribution < 1.29 is 18.4 Å². The summed E-state index contributed by atoms with van der Waals surface area (Å²) in [5, 5.41) is 0.510. The number of nitrogens with zero attached hydrogens (tertiary/aromatic N) is 1. The van der Waals surface area contributed by atoms with Crippen LogP contribution in [0.15, 0.2) is 68.4 Å². The number of benzene rings is 2. The largest absolute Gasteiger partial charge is 0.494 e. The quantitative estimate of drug-likeness (QED) is 0.391. The molecule has 6 nitrogen and oxygen atoms in total. The van der Waals surface area contributed by atoms with Gasteiger partial charge in [0, 0.05) is 0 Å². The summed E-state index contributed by atoms with van der Waals surface area (Å²) in [6.07, 6.45) is 2.45. The van der Waals surface area contributed by atoms with E-state index in [2.05, 4.69) is 0 Å². The van der Waals surface area contributed by atoms with Gasteiger partial charge in [-0.2, -0.15) is 0 Å². The number of carbonyl (C=O) groups excluding carboxylic acids is 1. The topological polar surface area (TPSA) is 72.9 Å². The van der Waals surface area contributed by atoms with Crippen molar-refractivity contribution in [3.05, 3.63) is 98.8 Å². The monoisotopic (exact) mass is 443 g/mol. The number of hydrogen-bond donors (Lipinski definition) is 0. The number of hydrogen-bond acceptors (Lipinski definition) is 5. The fourth-order valence-electron chi connectivity index (χ4n) is 4.59. The molecule has 0 N–H and O–H groups in total. The Balaban J connectivity index is 1.72. The average Bonchev–Trinajstić information content (AvgIpc) is 3.39. The highest BCUT2D eigenvalue weighted by molar-refractivity contribution is 5.99. The zero-order chi connectivity index (χ0) is 23.1. The maximum absolute atomic E-state index is 13.8. The number of rotatable bonds is 6. The van der Waals surface area contributed by atoms with Gasteiger partial charge < -0.3 is 18.5 Å². The SMILES string of the molecule is CCCOc1cccc(C2c3c(oc4cc(C)cc(C)c4c3=O)C(=O)N2Cc2ccco2)c1. The maximum atomic E-state index is 13.8. The van der Waals surface area contributed by atoms with Crippen LogP contribution in [0.25, 0.3) is 11.0 Å². The van der Waals surface area contributed by atoms with Crippen LogP contribution in [-0.4, -0.2) is 17.4 Å². The number of fused-ring (bicyclic) bond motifs is 2. The molecule has 0 saturated carbocycles. The van der Waals surface area contributed by atoms with Gasteiger partial charge in [0.15, 0.2) is 5.43 Å². The lowest BCUT2D eigenvalue weighted by Crippen LogP contribution is -2.29. The Morgan fingerprint density at radius 2 is 1.91 bits per heavy atom. The van der Waals surface area contributed by atoms with Crippen LogP contribution < -0.4 is 10.2 Å². The van der Waals surface area contributed by atoms with Crippen LogP contribution >= 0.6 is 0 Å². The smallest absolute Gasteiger partial charge is 0.291 e. The lowest BCUT2D eigenvalue weighted by Gasteiger charge is -2.24. The summed E-state index contributed by atoms with van der Waals surface area (Å²) >= 11 is 0. The lowest BCUT2D eigenvalue weighted by molar-refractivity contribution is 0.0701. The van der Waals surface area contributed by atoms with Gasteiger partial charge in [-0.3, -0.25) is 9.59 Å². The third-order valence-corrected chi connectivity index (χ3v) is 5.97. The minimum absolute atomic E-state index is 0.0916. The Hall–Kier alpha value is -3.80. The minimum Gasteiger partial charge on any atom is -0.494 e. The van der Waals surface area contributed by atoms with E-state index >= 15 is 0 Å². The van der Waals surface area contributed by atoms with Crippen LogP contribution in [0, 0.1) is 13.8 Å². The van der Waals surface area contributed by atoms with Gasteiger partial charge in [0.2, 0.25) is 5.76 Å². The van der Waals surface area contributed by atoms with Gasteiger partial charge in [0.05, 0.1) is 36.4 Å². The zero-order valence-corrected chi connectivity index (χ0v) is 18.9. The predicted octanol–water partition coefficient (Wildman–Crippen LogP) is 5.54. The minimum atomic E-state index is -0.607. The summed E-state index contributed by atoms with van der Waals surface area (Å²) in [6.45, 7) is 6.68. The first-order chi connectivity index (χ1) is 16.0. The van der Waals surface area contributed by atoms with Gasteiger partial charge in [-0.1, -0.05) is 25.1 Å². The molecule has 4 aromatic rings. The van der Waals surface area contributed by atoms with E-state index in [1.165, 1.54) is 0 Å². The highest BCUT2D eigenvalue weighted by atomic mass is 16.5.